The van der Waals surface area contributed by atoms with E-state index in [9.17, 15) is 5.11 Å². The zero-order valence-corrected chi connectivity index (χ0v) is 15.5. The highest BCUT2D eigenvalue weighted by atomic mass is 16.5. The quantitative estimate of drug-likeness (QED) is 0.498. The van der Waals surface area contributed by atoms with Crippen molar-refractivity contribution in [2.45, 2.75) is 59.2 Å². The molecule has 0 bridgehead atoms. The molecule has 0 aliphatic heterocycles. The van der Waals surface area contributed by atoms with Gasteiger partial charge in [0.2, 0.25) is 0 Å². The summed E-state index contributed by atoms with van der Waals surface area (Å²) in [5.41, 5.74) is 0.137. The number of hydrogen-bond donors (Lipinski definition) is 1. The summed E-state index contributed by atoms with van der Waals surface area (Å²) < 4.78 is 12.3. The number of hydrogen-bond acceptors (Lipinski definition) is 3. The second kappa shape index (κ2) is 8.47. The molecular formula is C17H38NO3+. The van der Waals surface area contributed by atoms with Gasteiger partial charge in [-0.2, -0.15) is 0 Å². The van der Waals surface area contributed by atoms with Crippen LogP contribution in [0.4, 0.5) is 0 Å². The molecule has 0 fully saturated rings. The highest BCUT2D eigenvalue weighted by molar-refractivity contribution is 4.70. The zero-order valence-electron chi connectivity index (χ0n) is 15.5. The van der Waals surface area contributed by atoms with E-state index in [2.05, 4.69) is 55.8 Å². The third kappa shape index (κ3) is 14.5. The van der Waals surface area contributed by atoms with Crippen molar-refractivity contribution in [3.8, 4) is 0 Å². The van der Waals surface area contributed by atoms with Crippen molar-refractivity contribution in [1.82, 2.24) is 0 Å². The molecule has 0 rings (SSSR count). The molecule has 1 atom stereocenters. The topological polar surface area (TPSA) is 38.7 Å². The molecule has 0 aliphatic carbocycles. The number of likely N-dealkylation sites (N-methyl/N-ethyl adjacent to an activating group) is 1. The van der Waals surface area contributed by atoms with Crippen molar-refractivity contribution in [3.05, 3.63) is 0 Å². The van der Waals surface area contributed by atoms with Crippen LogP contribution in [0.5, 0.6) is 0 Å². The van der Waals surface area contributed by atoms with Crippen LogP contribution in [0, 0.1) is 5.41 Å². The van der Waals surface area contributed by atoms with Crippen LogP contribution in [0.3, 0.4) is 0 Å². The van der Waals surface area contributed by atoms with Gasteiger partial charge in [-0.15, -0.1) is 0 Å². The van der Waals surface area contributed by atoms with Crippen LogP contribution in [-0.2, 0) is 9.47 Å². The standard InChI is InChI=1S/C17H38NO3/c1-16(2,3)9-12-21-17(4,5)10-11-20-14-15(19)13-18(6,7)8/h15,19H,9-14H2,1-8H3/q+1. The van der Waals surface area contributed by atoms with Gasteiger partial charge in [-0.05, 0) is 32.1 Å². The fourth-order valence-corrected chi connectivity index (χ4v) is 1.93. The van der Waals surface area contributed by atoms with E-state index in [1.807, 2.05) is 0 Å². The molecule has 128 valence electrons. The molecule has 0 saturated carbocycles. The van der Waals surface area contributed by atoms with Crippen molar-refractivity contribution < 1.29 is 19.1 Å². The van der Waals surface area contributed by atoms with Crippen LogP contribution in [0.25, 0.3) is 0 Å². The number of ether oxygens (including phenoxy) is 2. The lowest BCUT2D eigenvalue weighted by Gasteiger charge is -2.28. The summed E-state index contributed by atoms with van der Waals surface area (Å²) in [5, 5.41) is 9.87. The molecule has 4 heteroatoms. The van der Waals surface area contributed by atoms with E-state index in [1.165, 1.54) is 0 Å². The lowest BCUT2D eigenvalue weighted by molar-refractivity contribution is -0.873. The average Bonchev–Trinajstić information content (AvgIpc) is 2.19. The van der Waals surface area contributed by atoms with Crippen LogP contribution >= 0.6 is 0 Å². The lowest BCUT2D eigenvalue weighted by atomic mass is 9.93. The third-order valence-corrected chi connectivity index (χ3v) is 3.26. The van der Waals surface area contributed by atoms with E-state index in [0.29, 0.717) is 25.2 Å². The Bertz CT molecular complexity index is 277. The Labute approximate surface area is 132 Å². The Hall–Kier alpha value is -0.160. The third-order valence-electron chi connectivity index (χ3n) is 3.26. The lowest BCUT2D eigenvalue weighted by Crippen LogP contribution is -2.43. The van der Waals surface area contributed by atoms with E-state index >= 15 is 0 Å². The monoisotopic (exact) mass is 304 g/mol. The molecule has 0 aromatic heterocycles. The second-order valence-electron chi connectivity index (χ2n) is 8.87. The van der Waals surface area contributed by atoms with Gasteiger partial charge in [-0.3, -0.25) is 0 Å². The summed E-state index contributed by atoms with van der Waals surface area (Å²) in [5.74, 6) is 0. The molecule has 0 amide bonds. The number of quaternary nitrogens is 1. The first-order valence-electron chi connectivity index (χ1n) is 8.01. The Morgan fingerprint density at radius 2 is 1.52 bits per heavy atom. The van der Waals surface area contributed by atoms with E-state index in [-0.39, 0.29) is 5.60 Å². The normalized spacial score (nSPS) is 15.3. The van der Waals surface area contributed by atoms with Crippen LogP contribution in [0.2, 0.25) is 0 Å². The van der Waals surface area contributed by atoms with E-state index < -0.39 is 6.10 Å². The van der Waals surface area contributed by atoms with Crippen LogP contribution in [0.1, 0.15) is 47.5 Å². The van der Waals surface area contributed by atoms with Gasteiger partial charge in [0, 0.05) is 13.2 Å². The molecule has 4 nitrogen and oxygen atoms in total. The molecular weight excluding hydrogens is 266 g/mol. The Morgan fingerprint density at radius 3 is 2.00 bits per heavy atom. The van der Waals surface area contributed by atoms with Gasteiger partial charge in [0.1, 0.15) is 12.6 Å². The van der Waals surface area contributed by atoms with Crippen molar-refractivity contribution in [3.63, 3.8) is 0 Å². The summed E-state index contributed by atoms with van der Waals surface area (Å²) in [6, 6.07) is 0. The molecule has 1 unspecified atom stereocenters. The largest absolute Gasteiger partial charge is 0.385 e. The van der Waals surface area contributed by atoms with E-state index in [4.69, 9.17) is 9.47 Å². The predicted octanol–water partition coefficient (Wildman–Crippen LogP) is 2.69. The van der Waals surface area contributed by atoms with Gasteiger partial charge >= 0.3 is 0 Å². The van der Waals surface area contributed by atoms with Gasteiger partial charge in [0.25, 0.3) is 0 Å². The maximum atomic E-state index is 9.87. The van der Waals surface area contributed by atoms with Crippen LogP contribution in [0.15, 0.2) is 0 Å². The first-order chi connectivity index (χ1) is 9.31. The number of nitrogens with zero attached hydrogens (tertiary/aromatic N) is 1. The minimum atomic E-state index is -0.407. The Morgan fingerprint density at radius 1 is 0.952 bits per heavy atom. The number of rotatable bonds is 10. The van der Waals surface area contributed by atoms with Crippen molar-refractivity contribution in [1.29, 1.82) is 0 Å². The van der Waals surface area contributed by atoms with Gasteiger partial charge in [0.15, 0.2) is 0 Å². The summed E-state index contributed by atoms with van der Waals surface area (Å²) in [7, 11) is 6.19. The van der Waals surface area contributed by atoms with Gasteiger partial charge in [0.05, 0.1) is 33.4 Å². The fraction of sp³-hybridized carbons (Fsp3) is 1.00. The van der Waals surface area contributed by atoms with Crippen LogP contribution < -0.4 is 0 Å². The molecule has 0 heterocycles. The minimum Gasteiger partial charge on any atom is -0.385 e. The fourth-order valence-electron chi connectivity index (χ4n) is 1.93. The summed E-state index contributed by atoms with van der Waals surface area (Å²) in [4.78, 5) is 0. The summed E-state index contributed by atoms with van der Waals surface area (Å²) in [6.07, 6.45) is 1.49. The van der Waals surface area contributed by atoms with Crippen molar-refractivity contribution >= 4 is 0 Å². The first kappa shape index (κ1) is 20.8. The molecule has 0 aromatic carbocycles. The average molecular weight is 304 g/mol. The smallest absolute Gasteiger partial charge is 0.126 e. The Kier molecular flexibility index (Phi) is 8.40. The first-order valence-corrected chi connectivity index (χ1v) is 8.01. The van der Waals surface area contributed by atoms with Gasteiger partial charge < -0.3 is 19.1 Å². The summed E-state index contributed by atoms with van der Waals surface area (Å²) >= 11 is 0. The highest BCUT2D eigenvalue weighted by Crippen LogP contribution is 2.21. The molecule has 0 aliphatic rings. The molecule has 0 radical (unpaired) electrons. The molecule has 1 N–H and O–H groups in total. The molecule has 0 aromatic rings. The number of aliphatic hydroxyl groups excluding tert-OH is 1. The minimum absolute atomic E-state index is 0.170. The van der Waals surface area contributed by atoms with E-state index in [1.54, 1.807) is 0 Å². The maximum Gasteiger partial charge on any atom is 0.126 e. The number of aliphatic hydroxyl groups is 1. The molecule has 21 heavy (non-hydrogen) atoms. The molecule has 0 saturated heterocycles. The summed E-state index contributed by atoms with van der Waals surface area (Å²) in [6.45, 7) is 13.4. The second-order valence-corrected chi connectivity index (χ2v) is 8.87. The van der Waals surface area contributed by atoms with E-state index in [0.717, 1.165) is 23.9 Å². The molecule has 0 spiro atoms. The highest BCUT2D eigenvalue weighted by Gasteiger charge is 2.21. The zero-order chi connectivity index (χ0) is 16.7. The van der Waals surface area contributed by atoms with Crippen molar-refractivity contribution in [2.75, 3.05) is 47.5 Å². The van der Waals surface area contributed by atoms with Crippen molar-refractivity contribution in [2.24, 2.45) is 5.41 Å². The predicted molar refractivity (Wildman–Crippen MR) is 88.4 cm³/mol. The maximum absolute atomic E-state index is 9.87. The van der Waals surface area contributed by atoms with Gasteiger partial charge in [-0.25, -0.2) is 0 Å². The van der Waals surface area contributed by atoms with Crippen LogP contribution in [-0.4, -0.2) is 68.8 Å². The van der Waals surface area contributed by atoms with Gasteiger partial charge in [-0.1, -0.05) is 20.8 Å². The SMILES string of the molecule is CC(C)(C)CCOC(C)(C)CCOCC(O)C[N+](C)(C)C. The Balaban J connectivity index is 3.79.